The largest absolute Gasteiger partial charge is 0.478 e. The number of hydrogen-bond donors (Lipinski definition) is 1. The molecule has 1 N–H and O–H groups in total. The van der Waals surface area contributed by atoms with Gasteiger partial charge in [-0.3, -0.25) is 0 Å². The van der Waals surface area contributed by atoms with Gasteiger partial charge < -0.3 is 19.3 Å². The molecule has 0 aliphatic heterocycles. The highest BCUT2D eigenvalue weighted by Gasteiger charge is 2.43. The van der Waals surface area contributed by atoms with Crippen molar-refractivity contribution < 1.29 is 28.9 Å². The zero-order valence-electron chi connectivity index (χ0n) is 20.7. The number of para-hydroxylation sites is 2. The zero-order chi connectivity index (χ0) is 24.8. The Morgan fingerprint density at radius 3 is 1.91 bits per heavy atom. The number of hydrogen-bond acceptors (Lipinski definition) is 5. The normalized spacial score (nSPS) is 22.0. The lowest BCUT2D eigenvalue weighted by atomic mass is 9.75. The molecule has 34 heavy (non-hydrogen) atoms. The van der Waals surface area contributed by atoms with Gasteiger partial charge in [0.05, 0.1) is 0 Å². The monoisotopic (exact) mass is 468 g/mol. The van der Waals surface area contributed by atoms with Crippen LogP contribution in [0.2, 0.25) is 0 Å². The van der Waals surface area contributed by atoms with Gasteiger partial charge in [-0.25, -0.2) is 9.59 Å². The second kappa shape index (κ2) is 11.4. The number of carbonyl (C=O) groups is 2. The lowest BCUT2D eigenvalue weighted by Gasteiger charge is -2.37. The molecule has 1 aliphatic carbocycles. The molecule has 0 saturated heterocycles. The first-order valence-corrected chi connectivity index (χ1v) is 12.0. The number of ether oxygens (including phenoxy) is 3. The first-order valence-electron chi connectivity index (χ1n) is 12.0. The Balaban J connectivity index is 1.92. The minimum atomic E-state index is -1.58. The maximum absolute atomic E-state index is 13.5. The lowest BCUT2D eigenvalue weighted by molar-refractivity contribution is -0.174. The predicted molar refractivity (Wildman–Crippen MR) is 130 cm³/mol. The highest BCUT2D eigenvalue weighted by Crippen LogP contribution is 2.36. The first-order chi connectivity index (χ1) is 16.2. The van der Waals surface area contributed by atoms with Gasteiger partial charge >= 0.3 is 11.9 Å². The molecule has 0 amide bonds. The van der Waals surface area contributed by atoms with Gasteiger partial charge in [0.15, 0.2) is 0 Å². The Bertz CT molecular complexity index is 984. The topological polar surface area (TPSA) is 82.1 Å². The fraction of sp³-hybridized carbons (Fsp3) is 0.500. The minimum Gasteiger partial charge on any atom is -0.478 e. The molecule has 0 heterocycles. The van der Waals surface area contributed by atoms with Crippen molar-refractivity contribution in [2.45, 2.75) is 72.2 Å². The molecule has 0 radical (unpaired) electrons. The minimum absolute atomic E-state index is 0.222. The Morgan fingerprint density at radius 1 is 0.882 bits per heavy atom. The lowest BCUT2D eigenvalue weighted by Crippen LogP contribution is -2.50. The molecule has 184 valence electrons. The van der Waals surface area contributed by atoms with E-state index in [2.05, 4.69) is 20.8 Å². The Labute approximate surface area is 202 Å². The maximum atomic E-state index is 13.5. The highest BCUT2D eigenvalue weighted by molar-refractivity contribution is 5.85. The van der Waals surface area contributed by atoms with Gasteiger partial charge in [0, 0.05) is 0 Å². The number of rotatable bonds is 9. The van der Waals surface area contributed by atoms with E-state index in [9.17, 15) is 14.7 Å². The predicted octanol–water partition coefficient (Wildman–Crippen LogP) is 5.59. The third-order valence-corrected chi connectivity index (χ3v) is 6.67. The second-order valence-electron chi connectivity index (χ2n) is 9.75. The van der Waals surface area contributed by atoms with Crippen LogP contribution in [0.5, 0.6) is 11.5 Å². The third kappa shape index (κ3) is 6.31. The standard InChI is InChI=1S/C28H36O6/c1-17(2)21-15-14-18(3)16-24(21)34-28(31)26(33-23-13-9-7-11-20(23)5)25(27(29)30)32-22-12-8-6-10-19(22)4/h6-13,17-18,21,24-26H,14-16H2,1-5H3,(H,29,30)/t18?,21?,24?,25-,26-/m0/s1. The Kier molecular flexibility index (Phi) is 8.59. The van der Waals surface area contributed by atoms with E-state index in [1.807, 2.05) is 38.1 Å². The number of carboxylic acid groups (broad SMARTS) is 1. The molecule has 1 fully saturated rings. The number of benzene rings is 2. The smallest absolute Gasteiger partial charge is 0.352 e. The number of aliphatic carboxylic acids is 1. The average molecular weight is 469 g/mol. The summed E-state index contributed by atoms with van der Waals surface area (Å²) in [6, 6.07) is 14.3. The van der Waals surface area contributed by atoms with Crippen LogP contribution >= 0.6 is 0 Å². The summed E-state index contributed by atoms with van der Waals surface area (Å²) in [6.45, 7) is 10.1. The summed E-state index contributed by atoms with van der Waals surface area (Å²) in [5.41, 5.74) is 1.55. The van der Waals surface area contributed by atoms with Crippen molar-refractivity contribution in [1.29, 1.82) is 0 Å². The summed E-state index contributed by atoms with van der Waals surface area (Å²) < 4.78 is 17.9. The van der Waals surface area contributed by atoms with E-state index in [4.69, 9.17) is 14.2 Å². The van der Waals surface area contributed by atoms with Gasteiger partial charge in [-0.05, 0) is 67.7 Å². The SMILES string of the molecule is Cc1ccccc1O[C@H](C(=O)O)[C@H](Oc1ccccc1C)C(=O)OC1CC(C)CCC1C(C)C. The van der Waals surface area contributed by atoms with E-state index in [0.29, 0.717) is 23.3 Å². The van der Waals surface area contributed by atoms with Crippen LogP contribution in [0, 0.1) is 31.6 Å². The molecule has 1 aliphatic rings. The molecule has 0 aromatic heterocycles. The van der Waals surface area contributed by atoms with Gasteiger partial charge in [0.1, 0.15) is 17.6 Å². The van der Waals surface area contributed by atoms with Crippen molar-refractivity contribution in [2.24, 2.45) is 17.8 Å². The molecule has 5 atom stereocenters. The van der Waals surface area contributed by atoms with Crippen molar-refractivity contribution in [3.8, 4) is 11.5 Å². The molecule has 6 heteroatoms. The van der Waals surface area contributed by atoms with Crippen LogP contribution in [0.3, 0.4) is 0 Å². The molecule has 3 rings (SSSR count). The van der Waals surface area contributed by atoms with E-state index in [1.165, 1.54) is 0 Å². The van der Waals surface area contributed by atoms with Gasteiger partial charge in [-0.15, -0.1) is 0 Å². The summed E-state index contributed by atoms with van der Waals surface area (Å²) in [6.07, 6.45) is -0.514. The summed E-state index contributed by atoms with van der Waals surface area (Å²) >= 11 is 0. The quantitative estimate of drug-likeness (QED) is 0.483. The molecule has 2 aromatic carbocycles. The number of carboxylic acids is 1. The third-order valence-electron chi connectivity index (χ3n) is 6.67. The van der Waals surface area contributed by atoms with Crippen LogP contribution in [-0.4, -0.2) is 35.4 Å². The molecule has 6 nitrogen and oxygen atoms in total. The van der Waals surface area contributed by atoms with Crippen LogP contribution in [-0.2, 0) is 14.3 Å². The van der Waals surface area contributed by atoms with E-state index in [1.54, 1.807) is 24.3 Å². The van der Waals surface area contributed by atoms with E-state index < -0.39 is 24.1 Å². The fourth-order valence-corrected chi connectivity index (χ4v) is 4.59. The van der Waals surface area contributed by atoms with Crippen molar-refractivity contribution in [3.63, 3.8) is 0 Å². The fourth-order valence-electron chi connectivity index (χ4n) is 4.59. The molecule has 0 bridgehead atoms. The van der Waals surface area contributed by atoms with Crippen molar-refractivity contribution in [2.75, 3.05) is 0 Å². The second-order valence-corrected chi connectivity index (χ2v) is 9.75. The van der Waals surface area contributed by atoms with Crippen LogP contribution in [0.15, 0.2) is 48.5 Å². The van der Waals surface area contributed by atoms with Crippen LogP contribution in [0.25, 0.3) is 0 Å². The number of aryl methyl sites for hydroxylation is 2. The molecule has 3 unspecified atom stereocenters. The van der Waals surface area contributed by atoms with Crippen molar-refractivity contribution >= 4 is 11.9 Å². The molecular formula is C28H36O6. The van der Waals surface area contributed by atoms with Gasteiger partial charge in [0.25, 0.3) is 0 Å². The van der Waals surface area contributed by atoms with E-state index in [0.717, 1.165) is 30.4 Å². The molecule has 0 spiro atoms. The van der Waals surface area contributed by atoms with Crippen LogP contribution in [0.1, 0.15) is 51.2 Å². The maximum Gasteiger partial charge on any atom is 0.352 e. The highest BCUT2D eigenvalue weighted by atomic mass is 16.6. The molecule has 1 saturated carbocycles. The van der Waals surface area contributed by atoms with Crippen LogP contribution < -0.4 is 9.47 Å². The summed E-state index contributed by atoms with van der Waals surface area (Å²) in [5.74, 6) is -0.208. The van der Waals surface area contributed by atoms with Crippen LogP contribution in [0.4, 0.5) is 0 Å². The zero-order valence-corrected chi connectivity index (χ0v) is 20.7. The average Bonchev–Trinajstić information content (AvgIpc) is 2.78. The number of carbonyl (C=O) groups excluding carboxylic acids is 1. The van der Waals surface area contributed by atoms with Crippen molar-refractivity contribution in [3.05, 3.63) is 59.7 Å². The molecule has 2 aromatic rings. The number of esters is 1. The van der Waals surface area contributed by atoms with E-state index in [-0.39, 0.29) is 12.0 Å². The van der Waals surface area contributed by atoms with Gasteiger partial charge in [0.2, 0.25) is 12.2 Å². The Hall–Kier alpha value is -3.02. The van der Waals surface area contributed by atoms with Gasteiger partial charge in [-0.1, -0.05) is 63.6 Å². The Morgan fingerprint density at radius 2 is 1.41 bits per heavy atom. The molecular weight excluding hydrogens is 432 g/mol. The van der Waals surface area contributed by atoms with E-state index >= 15 is 0 Å². The summed E-state index contributed by atoms with van der Waals surface area (Å²) in [4.78, 5) is 25.9. The summed E-state index contributed by atoms with van der Waals surface area (Å²) in [7, 11) is 0. The van der Waals surface area contributed by atoms with Gasteiger partial charge in [-0.2, -0.15) is 0 Å². The van der Waals surface area contributed by atoms with Crippen molar-refractivity contribution in [1.82, 2.24) is 0 Å². The summed E-state index contributed by atoms with van der Waals surface area (Å²) in [5, 5.41) is 10.1. The first kappa shape index (κ1) is 25.6.